The molecule has 3 aromatic rings. The molecule has 12 heteroatoms. The number of carbonyl (C=O) groups is 3. The Hall–Kier alpha value is -4.09. The molecular formula is C25H25F3N4O5. The van der Waals surface area contributed by atoms with E-state index >= 15 is 0 Å². The first kappa shape index (κ1) is 26.0. The van der Waals surface area contributed by atoms with E-state index in [1.165, 1.54) is 34.3 Å². The molecule has 0 bridgehead atoms. The van der Waals surface area contributed by atoms with Gasteiger partial charge in [0, 0.05) is 25.3 Å². The van der Waals surface area contributed by atoms with Gasteiger partial charge in [-0.3, -0.25) is 28.5 Å². The topological polar surface area (TPSA) is 105 Å². The maximum absolute atomic E-state index is 13.5. The van der Waals surface area contributed by atoms with E-state index in [1.807, 2.05) is 13.8 Å². The second-order valence-corrected chi connectivity index (χ2v) is 9.27. The molecule has 1 saturated heterocycles. The van der Waals surface area contributed by atoms with Gasteiger partial charge in [-0.05, 0) is 56.2 Å². The molecular weight excluding hydrogens is 493 g/mol. The molecule has 1 fully saturated rings. The number of imidazole rings is 1. The highest BCUT2D eigenvalue weighted by Gasteiger charge is 2.44. The smallest absolute Gasteiger partial charge is 0.416 e. The van der Waals surface area contributed by atoms with E-state index in [9.17, 15) is 37.5 Å². The van der Waals surface area contributed by atoms with Gasteiger partial charge in [0.05, 0.1) is 23.1 Å². The summed E-state index contributed by atoms with van der Waals surface area (Å²) >= 11 is 0. The van der Waals surface area contributed by atoms with Crippen molar-refractivity contribution in [3.8, 4) is 0 Å². The monoisotopic (exact) mass is 518 g/mol. The molecule has 9 nitrogen and oxygen atoms in total. The molecule has 196 valence electrons. The van der Waals surface area contributed by atoms with Gasteiger partial charge in [0.2, 0.25) is 5.91 Å². The van der Waals surface area contributed by atoms with Crippen molar-refractivity contribution >= 4 is 34.6 Å². The normalized spacial score (nSPS) is 16.8. The van der Waals surface area contributed by atoms with Gasteiger partial charge >= 0.3 is 23.9 Å². The number of urea groups is 1. The molecule has 0 radical (unpaired) electrons. The van der Waals surface area contributed by atoms with E-state index in [0.29, 0.717) is 15.9 Å². The third kappa shape index (κ3) is 4.36. The van der Waals surface area contributed by atoms with Crippen molar-refractivity contribution in [2.45, 2.75) is 39.5 Å². The lowest BCUT2D eigenvalue weighted by Gasteiger charge is -2.37. The van der Waals surface area contributed by atoms with Crippen LogP contribution in [0.1, 0.15) is 36.6 Å². The van der Waals surface area contributed by atoms with Gasteiger partial charge < -0.3 is 5.11 Å². The van der Waals surface area contributed by atoms with E-state index in [4.69, 9.17) is 0 Å². The summed E-state index contributed by atoms with van der Waals surface area (Å²) in [6, 6.07) is 7.07. The molecule has 2 aromatic carbocycles. The van der Waals surface area contributed by atoms with Gasteiger partial charge in [0.25, 0.3) is 0 Å². The van der Waals surface area contributed by atoms with Crippen LogP contribution >= 0.6 is 0 Å². The Morgan fingerprint density at radius 1 is 1.11 bits per heavy atom. The molecule has 4 rings (SSSR count). The average molecular weight is 518 g/mol. The quantitative estimate of drug-likeness (QED) is 0.516. The van der Waals surface area contributed by atoms with Crippen LogP contribution < -0.4 is 10.6 Å². The lowest BCUT2D eigenvalue weighted by molar-refractivity contribution is -0.150. The summed E-state index contributed by atoms with van der Waals surface area (Å²) in [5.41, 5.74) is 0.0797. The number of anilines is 1. The number of carboxylic acids is 1. The van der Waals surface area contributed by atoms with Crippen molar-refractivity contribution in [3.63, 3.8) is 0 Å². The molecule has 3 amide bonds. The largest absolute Gasteiger partial charge is 0.481 e. The van der Waals surface area contributed by atoms with Crippen LogP contribution in [0.3, 0.4) is 0 Å². The van der Waals surface area contributed by atoms with Gasteiger partial charge in [0.1, 0.15) is 0 Å². The Morgan fingerprint density at radius 3 is 2.38 bits per heavy atom. The van der Waals surface area contributed by atoms with Crippen molar-refractivity contribution in [2.24, 2.45) is 13.0 Å². The molecule has 37 heavy (non-hydrogen) atoms. The fourth-order valence-electron chi connectivity index (χ4n) is 4.67. The van der Waals surface area contributed by atoms with Crippen LogP contribution in [-0.2, 0) is 29.4 Å². The predicted octanol–water partition coefficient (Wildman–Crippen LogP) is 3.92. The second kappa shape index (κ2) is 9.09. The minimum absolute atomic E-state index is 0.0645. The molecule has 0 aliphatic carbocycles. The molecule has 1 aliphatic rings. The number of halogens is 3. The number of fused-ring (bicyclic) bond motifs is 1. The third-order valence-electron chi connectivity index (χ3n) is 6.67. The van der Waals surface area contributed by atoms with Crippen LogP contribution in [0.25, 0.3) is 11.0 Å². The standard InChI is InChI=1S/C25H25F3N4O5/c1-13(2)32-20-10-16(8-9-19(20)29(4)23(32)36)30-12-17(22(34)35)21(33)31(24(30)37)11-15-6-5-7-18(14(15)3)25(26,27)28/h5-10,13,17H,11-12H2,1-4H3,(H,34,35). The lowest BCUT2D eigenvalue weighted by Crippen LogP contribution is -2.58. The van der Waals surface area contributed by atoms with E-state index in [1.54, 1.807) is 19.2 Å². The number of aromatic nitrogens is 2. The molecule has 0 spiro atoms. The van der Waals surface area contributed by atoms with E-state index in [2.05, 4.69) is 0 Å². The minimum atomic E-state index is -4.64. The molecule has 1 aliphatic heterocycles. The minimum Gasteiger partial charge on any atom is -0.481 e. The van der Waals surface area contributed by atoms with E-state index in [-0.39, 0.29) is 28.5 Å². The van der Waals surface area contributed by atoms with Gasteiger partial charge in [-0.25, -0.2) is 9.59 Å². The van der Waals surface area contributed by atoms with Gasteiger partial charge in [0.15, 0.2) is 5.92 Å². The number of benzene rings is 2. The van der Waals surface area contributed by atoms with E-state index < -0.39 is 48.7 Å². The number of rotatable bonds is 5. The Bertz CT molecular complexity index is 1490. The van der Waals surface area contributed by atoms with Crippen molar-refractivity contribution in [1.29, 1.82) is 0 Å². The predicted molar refractivity (Wildman–Crippen MR) is 128 cm³/mol. The zero-order chi connectivity index (χ0) is 27.4. The average Bonchev–Trinajstić information content (AvgIpc) is 3.06. The summed E-state index contributed by atoms with van der Waals surface area (Å²) in [6.07, 6.45) is -4.64. The van der Waals surface area contributed by atoms with Crippen molar-refractivity contribution < 1.29 is 32.7 Å². The Labute approximate surface area is 209 Å². The first-order valence-corrected chi connectivity index (χ1v) is 11.5. The fourth-order valence-corrected chi connectivity index (χ4v) is 4.67. The summed E-state index contributed by atoms with van der Waals surface area (Å²) in [7, 11) is 1.60. The van der Waals surface area contributed by atoms with Crippen molar-refractivity contribution in [1.82, 2.24) is 14.0 Å². The molecule has 1 N–H and O–H groups in total. The Morgan fingerprint density at radius 2 is 1.78 bits per heavy atom. The van der Waals surface area contributed by atoms with Gasteiger partial charge in [-0.15, -0.1) is 0 Å². The first-order valence-electron chi connectivity index (χ1n) is 11.5. The third-order valence-corrected chi connectivity index (χ3v) is 6.67. The number of hydrogen-bond acceptors (Lipinski definition) is 4. The lowest BCUT2D eigenvalue weighted by atomic mass is 9.99. The molecule has 1 atom stereocenters. The SMILES string of the molecule is Cc1c(CN2C(=O)C(C(=O)O)CN(c3ccc4c(c3)n(C(C)C)c(=O)n4C)C2=O)cccc1C(F)(F)F. The van der Waals surface area contributed by atoms with Crippen LogP contribution in [0.4, 0.5) is 23.7 Å². The first-order chi connectivity index (χ1) is 17.2. The summed E-state index contributed by atoms with van der Waals surface area (Å²) < 4.78 is 43.2. The number of imide groups is 1. The van der Waals surface area contributed by atoms with E-state index in [0.717, 1.165) is 11.0 Å². The van der Waals surface area contributed by atoms with Crippen LogP contribution in [-0.4, -0.2) is 43.6 Å². The molecule has 0 saturated carbocycles. The van der Waals surface area contributed by atoms with Gasteiger partial charge in [-0.2, -0.15) is 13.2 Å². The number of alkyl halides is 3. The summed E-state index contributed by atoms with van der Waals surface area (Å²) in [5, 5.41) is 9.69. The number of carboxylic acid groups (broad SMARTS) is 1. The van der Waals surface area contributed by atoms with Crippen LogP contribution in [0, 0.1) is 12.8 Å². The van der Waals surface area contributed by atoms with Crippen LogP contribution in [0.15, 0.2) is 41.2 Å². The van der Waals surface area contributed by atoms with Crippen LogP contribution in [0.5, 0.6) is 0 Å². The molecule has 2 heterocycles. The number of carbonyl (C=O) groups excluding carboxylic acids is 2. The second-order valence-electron chi connectivity index (χ2n) is 9.27. The highest BCUT2D eigenvalue weighted by molar-refractivity contribution is 6.12. The zero-order valence-corrected chi connectivity index (χ0v) is 20.5. The number of nitrogens with zero attached hydrogens (tertiary/aromatic N) is 4. The zero-order valence-electron chi connectivity index (χ0n) is 20.5. The van der Waals surface area contributed by atoms with Crippen molar-refractivity contribution in [3.05, 3.63) is 63.6 Å². The number of aliphatic carboxylic acids is 1. The number of amides is 3. The van der Waals surface area contributed by atoms with Crippen LogP contribution in [0.2, 0.25) is 0 Å². The maximum atomic E-state index is 13.5. The van der Waals surface area contributed by atoms with Crippen molar-refractivity contribution in [2.75, 3.05) is 11.4 Å². The molecule has 1 aromatic heterocycles. The Balaban J connectivity index is 1.79. The Kier molecular flexibility index (Phi) is 6.39. The number of aryl methyl sites for hydroxylation is 1. The van der Waals surface area contributed by atoms with Gasteiger partial charge in [-0.1, -0.05) is 12.1 Å². The number of hydrogen-bond donors (Lipinski definition) is 1. The summed E-state index contributed by atoms with van der Waals surface area (Å²) in [5.74, 6) is -4.10. The fraction of sp³-hybridized carbons (Fsp3) is 0.360. The summed E-state index contributed by atoms with van der Waals surface area (Å²) in [4.78, 5) is 52.8. The maximum Gasteiger partial charge on any atom is 0.416 e. The molecule has 1 unspecified atom stereocenters. The highest BCUT2D eigenvalue weighted by atomic mass is 19.4. The summed E-state index contributed by atoms with van der Waals surface area (Å²) in [6.45, 7) is 3.88. The highest BCUT2D eigenvalue weighted by Crippen LogP contribution is 2.34.